The normalized spacial score (nSPS) is 12.7. The van der Waals surface area contributed by atoms with Gasteiger partial charge in [-0.1, -0.05) is 66.2 Å². The number of ether oxygens (including phenoxy) is 1. The Hall–Kier alpha value is -3.53. The van der Waals surface area contributed by atoms with Crippen molar-refractivity contribution in [2.45, 2.75) is 32.6 Å². The largest absolute Gasteiger partial charge is 0.462 e. The summed E-state index contributed by atoms with van der Waals surface area (Å²) in [5, 5.41) is 0.876. The number of halogens is 1. The van der Waals surface area contributed by atoms with Crippen molar-refractivity contribution in [3.63, 3.8) is 0 Å². The molecule has 3 nitrogen and oxygen atoms in total. The quantitative estimate of drug-likeness (QED) is 0.326. The van der Waals surface area contributed by atoms with Gasteiger partial charge < -0.3 is 4.74 Å². The van der Waals surface area contributed by atoms with Gasteiger partial charge in [-0.3, -0.25) is 4.98 Å². The number of para-hydroxylation sites is 1. The van der Waals surface area contributed by atoms with Gasteiger partial charge in [-0.2, -0.15) is 0 Å². The maximum atomic E-state index is 13.4. The zero-order chi connectivity index (χ0) is 22.5. The number of nitrogens with zero attached hydrogens (tertiary/aromatic N) is 1. The van der Waals surface area contributed by atoms with Crippen LogP contribution < -0.4 is 0 Å². The molecule has 0 radical (unpaired) electrons. The molecule has 0 spiro atoms. The van der Waals surface area contributed by atoms with E-state index in [4.69, 9.17) is 9.72 Å². The standard InChI is InChI=1S/C21H18FNO2.C7H8/c1-2-25-21(24)19-18(13-9-11-15(22)12-10-13)16-5-3-4-6-17(16)23-20(19)14-7-8-14;1-7-5-3-2-4-6-7/h3-6,9-12,14H,2,7-8H2,1H3;2-6H,1H3. The van der Waals surface area contributed by atoms with Crippen LogP contribution in [0, 0.1) is 12.7 Å². The highest BCUT2D eigenvalue weighted by Crippen LogP contribution is 2.45. The Morgan fingerprint density at radius 2 is 1.62 bits per heavy atom. The van der Waals surface area contributed by atoms with Crippen molar-refractivity contribution in [2.24, 2.45) is 0 Å². The molecule has 0 unspecified atom stereocenters. The van der Waals surface area contributed by atoms with Crippen molar-refractivity contribution < 1.29 is 13.9 Å². The number of aromatic nitrogens is 1. The number of benzene rings is 3. The van der Waals surface area contributed by atoms with Crippen molar-refractivity contribution >= 4 is 16.9 Å². The molecule has 1 aliphatic rings. The third kappa shape index (κ3) is 4.86. The van der Waals surface area contributed by atoms with E-state index in [1.54, 1.807) is 19.1 Å². The molecule has 0 saturated heterocycles. The Balaban J connectivity index is 0.000000300. The van der Waals surface area contributed by atoms with E-state index in [0.717, 1.165) is 40.6 Å². The summed E-state index contributed by atoms with van der Waals surface area (Å²) in [6.45, 7) is 4.18. The highest BCUT2D eigenvalue weighted by atomic mass is 19.1. The zero-order valence-corrected chi connectivity index (χ0v) is 18.3. The number of fused-ring (bicyclic) bond motifs is 1. The summed E-state index contributed by atoms with van der Waals surface area (Å²) in [6, 6.07) is 24.2. The SMILES string of the molecule is CCOC(=O)c1c(C2CC2)nc2ccccc2c1-c1ccc(F)cc1.Cc1ccccc1. The van der Waals surface area contributed by atoms with E-state index in [0.29, 0.717) is 18.1 Å². The molecule has 0 N–H and O–H groups in total. The van der Waals surface area contributed by atoms with E-state index >= 15 is 0 Å². The van der Waals surface area contributed by atoms with Gasteiger partial charge in [0, 0.05) is 16.9 Å². The van der Waals surface area contributed by atoms with Gasteiger partial charge in [0.15, 0.2) is 0 Å². The predicted octanol–water partition coefficient (Wildman–Crippen LogP) is 7.09. The molecule has 0 aliphatic heterocycles. The average molecular weight is 428 g/mol. The van der Waals surface area contributed by atoms with Crippen LogP contribution in [0.15, 0.2) is 78.9 Å². The second kappa shape index (κ2) is 9.73. The summed E-state index contributed by atoms with van der Waals surface area (Å²) in [5.41, 5.74) is 5.07. The minimum Gasteiger partial charge on any atom is -0.462 e. The van der Waals surface area contributed by atoms with Crippen LogP contribution in [0.3, 0.4) is 0 Å². The summed E-state index contributed by atoms with van der Waals surface area (Å²) < 4.78 is 18.7. The molecule has 4 aromatic rings. The first-order chi connectivity index (χ1) is 15.6. The van der Waals surface area contributed by atoms with Crippen molar-refractivity contribution in [3.8, 4) is 11.1 Å². The molecule has 1 fully saturated rings. The fraction of sp³-hybridized carbons (Fsp3) is 0.214. The maximum absolute atomic E-state index is 13.4. The van der Waals surface area contributed by atoms with Crippen molar-refractivity contribution in [1.82, 2.24) is 4.98 Å². The Bertz CT molecular complexity index is 1220. The molecule has 1 aromatic heterocycles. The van der Waals surface area contributed by atoms with Crippen molar-refractivity contribution in [3.05, 3.63) is 102 Å². The number of hydrogen-bond donors (Lipinski definition) is 0. The molecule has 0 atom stereocenters. The number of pyridine rings is 1. The zero-order valence-electron chi connectivity index (χ0n) is 18.3. The van der Waals surface area contributed by atoms with Crippen LogP contribution in [0.1, 0.15) is 47.3 Å². The lowest BCUT2D eigenvalue weighted by Crippen LogP contribution is -2.12. The number of hydrogen-bond acceptors (Lipinski definition) is 3. The molecule has 5 rings (SSSR count). The molecule has 1 heterocycles. The fourth-order valence-electron chi connectivity index (χ4n) is 3.74. The first kappa shape index (κ1) is 21.7. The molecule has 4 heteroatoms. The first-order valence-corrected chi connectivity index (χ1v) is 11.0. The van der Waals surface area contributed by atoms with Crippen LogP contribution in [-0.4, -0.2) is 17.6 Å². The van der Waals surface area contributed by atoms with Crippen LogP contribution in [0.5, 0.6) is 0 Å². The van der Waals surface area contributed by atoms with E-state index in [-0.39, 0.29) is 11.8 Å². The van der Waals surface area contributed by atoms with E-state index in [9.17, 15) is 9.18 Å². The number of esters is 1. The van der Waals surface area contributed by atoms with Gasteiger partial charge in [0.25, 0.3) is 0 Å². The predicted molar refractivity (Wildman–Crippen MR) is 126 cm³/mol. The number of carbonyl (C=O) groups excluding carboxylic acids is 1. The van der Waals surface area contributed by atoms with Crippen LogP contribution in [-0.2, 0) is 4.74 Å². The van der Waals surface area contributed by atoms with Gasteiger partial charge in [-0.05, 0) is 50.5 Å². The van der Waals surface area contributed by atoms with Gasteiger partial charge in [-0.25, -0.2) is 9.18 Å². The van der Waals surface area contributed by atoms with Crippen LogP contribution in [0.4, 0.5) is 4.39 Å². The molecule has 0 amide bonds. The Morgan fingerprint density at radius 3 is 2.22 bits per heavy atom. The molecule has 1 saturated carbocycles. The topological polar surface area (TPSA) is 39.2 Å². The van der Waals surface area contributed by atoms with E-state index in [1.165, 1.54) is 17.7 Å². The van der Waals surface area contributed by atoms with E-state index in [1.807, 2.05) is 42.5 Å². The molecule has 0 bridgehead atoms. The second-order valence-corrected chi connectivity index (χ2v) is 7.92. The lowest BCUT2D eigenvalue weighted by molar-refractivity contribution is 0.0525. The summed E-state index contributed by atoms with van der Waals surface area (Å²) >= 11 is 0. The number of carbonyl (C=O) groups is 1. The Labute approximate surface area is 187 Å². The highest BCUT2D eigenvalue weighted by molar-refractivity contribution is 6.08. The number of rotatable bonds is 4. The molecule has 162 valence electrons. The lowest BCUT2D eigenvalue weighted by atomic mass is 9.93. The molecule has 32 heavy (non-hydrogen) atoms. The van der Waals surface area contributed by atoms with Crippen LogP contribution in [0.2, 0.25) is 0 Å². The minimum atomic E-state index is -0.359. The summed E-state index contributed by atoms with van der Waals surface area (Å²) in [7, 11) is 0. The molecule has 3 aromatic carbocycles. The Morgan fingerprint density at radius 1 is 0.969 bits per heavy atom. The van der Waals surface area contributed by atoms with Crippen molar-refractivity contribution in [1.29, 1.82) is 0 Å². The third-order valence-electron chi connectivity index (χ3n) is 5.44. The van der Waals surface area contributed by atoms with Gasteiger partial charge in [0.05, 0.1) is 23.4 Å². The average Bonchev–Trinajstić information content (AvgIpc) is 3.65. The van der Waals surface area contributed by atoms with Gasteiger partial charge in [0.1, 0.15) is 5.82 Å². The van der Waals surface area contributed by atoms with E-state index in [2.05, 4.69) is 19.1 Å². The van der Waals surface area contributed by atoms with Crippen LogP contribution in [0.25, 0.3) is 22.0 Å². The summed E-state index contributed by atoms with van der Waals surface area (Å²) in [5.74, 6) is -0.368. The third-order valence-corrected chi connectivity index (χ3v) is 5.44. The molecular weight excluding hydrogens is 401 g/mol. The minimum absolute atomic E-state index is 0.295. The highest BCUT2D eigenvalue weighted by Gasteiger charge is 2.33. The lowest BCUT2D eigenvalue weighted by Gasteiger charge is -2.16. The van der Waals surface area contributed by atoms with E-state index < -0.39 is 0 Å². The summed E-state index contributed by atoms with van der Waals surface area (Å²) in [4.78, 5) is 17.5. The van der Waals surface area contributed by atoms with Crippen molar-refractivity contribution in [2.75, 3.05) is 6.61 Å². The van der Waals surface area contributed by atoms with Gasteiger partial charge in [0.2, 0.25) is 0 Å². The summed E-state index contributed by atoms with van der Waals surface area (Å²) in [6.07, 6.45) is 2.06. The fourth-order valence-corrected chi connectivity index (χ4v) is 3.74. The molecule has 1 aliphatic carbocycles. The second-order valence-electron chi connectivity index (χ2n) is 7.92. The first-order valence-electron chi connectivity index (χ1n) is 11.0. The van der Waals surface area contributed by atoms with Crippen LogP contribution >= 0.6 is 0 Å². The smallest absolute Gasteiger partial charge is 0.340 e. The number of aryl methyl sites for hydroxylation is 1. The van der Waals surface area contributed by atoms with Gasteiger partial charge in [-0.15, -0.1) is 0 Å². The molecular formula is C28H26FNO2. The monoisotopic (exact) mass is 427 g/mol. The maximum Gasteiger partial charge on any atom is 0.340 e. The van der Waals surface area contributed by atoms with Gasteiger partial charge >= 0.3 is 5.97 Å². The Kier molecular flexibility index (Phi) is 6.60.